The Hall–Kier alpha value is -0.340. The zero-order valence-electron chi connectivity index (χ0n) is 11.8. The van der Waals surface area contributed by atoms with E-state index in [0.29, 0.717) is 6.61 Å². The molecule has 1 N–H and O–H groups in total. The van der Waals surface area contributed by atoms with Crippen molar-refractivity contribution in [3.8, 4) is 0 Å². The molecule has 5 atom stereocenters. The molecule has 0 amide bonds. The zero-order chi connectivity index (χ0) is 13.8. The molecule has 7 heteroatoms. The Morgan fingerprint density at radius 2 is 2.00 bits per heavy atom. The molecule has 0 aliphatic carbocycles. The number of hydrogen-bond donors (Lipinski definition) is 1. The molecular weight excluding hydrogens is 268 g/mol. The summed E-state index contributed by atoms with van der Waals surface area (Å²) in [6, 6.07) is 0.0540. The van der Waals surface area contributed by atoms with Gasteiger partial charge in [0.15, 0.2) is 5.17 Å². The van der Waals surface area contributed by atoms with Gasteiger partial charge < -0.3 is 24.3 Å². The first-order valence-corrected chi connectivity index (χ1v) is 7.30. The van der Waals surface area contributed by atoms with E-state index < -0.39 is 0 Å². The Morgan fingerprint density at radius 3 is 2.58 bits per heavy atom. The van der Waals surface area contributed by atoms with Gasteiger partial charge in [-0.05, 0) is 6.92 Å². The number of fused-ring (bicyclic) bond motifs is 1. The van der Waals surface area contributed by atoms with E-state index in [1.54, 1.807) is 33.1 Å². The van der Waals surface area contributed by atoms with Gasteiger partial charge in [-0.1, -0.05) is 11.8 Å². The molecule has 2 saturated heterocycles. The minimum Gasteiger partial charge on any atom is -0.382 e. The van der Waals surface area contributed by atoms with Crippen LogP contribution in [0.1, 0.15) is 6.92 Å². The highest BCUT2D eigenvalue weighted by atomic mass is 32.2. The summed E-state index contributed by atoms with van der Waals surface area (Å²) in [4.78, 5) is 4.40. The Labute approximate surface area is 118 Å². The van der Waals surface area contributed by atoms with Gasteiger partial charge in [-0.3, -0.25) is 4.99 Å². The summed E-state index contributed by atoms with van der Waals surface area (Å²) in [6.07, 6.45) is -0.363. The smallest absolute Gasteiger partial charge is 0.159 e. The molecule has 5 unspecified atom stereocenters. The first-order chi connectivity index (χ1) is 9.24. The van der Waals surface area contributed by atoms with Crippen molar-refractivity contribution < 1.29 is 18.9 Å². The summed E-state index contributed by atoms with van der Waals surface area (Å²) in [6.45, 7) is 3.25. The molecule has 110 valence electrons. The quantitative estimate of drug-likeness (QED) is 0.794. The van der Waals surface area contributed by atoms with E-state index in [2.05, 4.69) is 10.3 Å². The second-order valence-corrected chi connectivity index (χ2v) is 5.55. The van der Waals surface area contributed by atoms with Crippen LogP contribution in [0.25, 0.3) is 0 Å². The van der Waals surface area contributed by atoms with Crippen LogP contribution in [-0.4, -0.2) is 69.4 Å². The normalized spacial score (nSPS) is 40.2. The van der Waals surface area contributed by atoms with Gasteiger partial charge in [0.1, 0.15) is 23.7 Å². The summed E-state index contributed by atoms with van der Waals surface area (Å²) in [5, 5.41) is 4.27. The lowest BCUT2D eigenvalue weighted by Crippen LogP contribution is -2.61. The van der Waals surface area contributed by atoms with Crippen LogP contribution >= 0.6 is 11.8 Å². The molecule has 2 rings (SSSR count). The highest BCUT2D eigenvalue weighted by molar-refractivity contribution is 8.14. The van der Waals surface area contributed by atoms with Crippen LogP contribution in [0.4, 0.5) is 0 Å². The predicted molar refractivity (Wildman–Crippen MR) is 74.6 cm³/mol. The Kier molecular flexibility index (Phi) is 5.47. The van der Waals surface area contributed by atoms with Crippen molar-refractivity contribution in [1.29, 1.82) is 0 Å². The van der Waals surface area contributed by atoms with Crippen LogP contribution in [0, 0.1) is 0 Å². The topological polar surface area (TPSA) is 61.3 Å². The fraction of sp³-hybridized carbons (Fsp3) is 0.917. The van der Waals surface area contributed by atoms with E-state index in [0.717, 1.165) is 11.7 Å². The van der Waals surface area contributed by atoms with Crippen molar-refractivity contribution >= 4 is 16.9 Å². The standard InChI is InChI=1S/C12H22N2O4S/c1-5-13-12-14-8-10(17-4)9(16-3)7(6-15-2)18-11(8)19-12/h7-11H,5-6H2,1-4H3,(H,13,14). The lowest BCUT2D eigenvalue weighted by Gasteiger charge is -2.42. The van der Waals surface area contributed by atoms with Crippen LogP contribution in [0.2, 0.25) is 0 Å². The van der Waals surface area contributed by atoms with E-state index in [4.69, 9.17) is 18.9 Å². The third-order valence-corrected chi connectivity index (χ3v) is 4.45. The summed E-state index contributed by atoms with van der Waals surface area (Å²) in [5.41, 5.74) is -0.0122. The van der Waals surface area contributed by atoms with Gasteiger partial charge in [0.2, 0.25) is 0 Å². The molecule has 0 aromatic rings. The maximum atomic E-state index is 6.05. The van der Waals surface area contributed by atoms with E-state index >= 15 is 0 Å². The molecule has 19 heavy (non-hydrogen) atoms. The number of aliphatic imine (C=N–C) groups is 1. The number of methoxy groups -OCH3 is 3. The Morgan fingerprint density at radius 1 is 1.26 bits per heavy atom. The highest BCUT2D eigenvalue weighted by Gasteiger charge is 2.50. The largest absolute Gasteiger partial charge is 0.382 e. The first kappa shape index (κ1) is 15.1. The third kappa shape index (κ3) is 3.05. The lowest BCUT2D eigenvalue weighted by atomic mass is 9.98. The molecule has 2 aliphatic rings. The predicted octanol–water partition coefficient (Wildman–Crippen LogP) is 0.469. The maximum Gasteiger partial charge on any atom is 0.159 e. The number of hydrogen-bond acceptors (Lipinski definition) is 6. The Balaban J connectivity index is 2.15. The van der Waals surface area contributed by atoms with Crippen molar-refractivity contribution in [2.75, 3.05) is 34.5 Å². The molecular formula is C12H22N2O4S. The van der Waals surface area contributed by atoms with Crippen LogP contribution in [-0.2, 0) is 18.9 Å². The minimum absolute atomic E-state index is 0.0122. The third-order valence-electron chi connectivity index (χ3n) is 3.34. The Bertz CT molecular complexity index is 329. The zero-order valence-corrected chi connectivity index (χ0v) is 12.6. The van der Waals surface area contributed by atoms with Crippen LogP contribution in [0.3, 0.4) is 0 Å². The van der Waals surface area contributed by atoms with Crippen molar-refractivity contribution in [3.63, 3.8) is 0 Å². The number of nitrogens with one attached hydrogen (secondary N) is 1. The lowest BCUT2D eigenvalue weighted by molar-refractivity contribution is -0.188. The average Bonchev–Trinajstić information content (AvgIpc) is 2.80. The van der Waals surface area contributed by atoms with Crippen molar-refractivity contribution in [3.05, 3.63) is 0 Å². The SMILES string of the molecule is CCN=C1NC2C(OC(COC)C(OC)C2OC)S1. The van der Waals surface area contributed by atoms with Crippen molar-refractivity contribution in [1.82, 2.24) is 5.32 Å². The monoisotopic (exact) mass is 290 g/mol. The molecule has 0 aromatic carbocycles. The molecule has 2 aliphatic heterocycles. The summed E-state index contributed by atoms with van der Waals surface area (Å²) in [7, 11) is 5.03. The van der Waals surface area contributed by atoms with E-state index in [-0.39, 0.29) is 29.8 Å². The van der Waals surface area contributed by atoms with Crippen molar-refractivity contribution in [2.45, 2.75) is 36.7 Å². The van der Waals surface area contributed by atoms with Crippen LogP contribution in [0.15, 0.2) is 4.99 Å². The van der Waals surface area contributed by atoms with E-state index in [1.165, 1.54) is 0 Å². The van der Waals surface area contributed by atoms with E-state index in [1.807, 2.05) is 6.92 Å². The number of nitrogens with zero attached hydrogens (tertiary/aromatic N) is 1. The molecule has 0 bridgehead atoms. The fourth-order valence-corrected chi connectivity index (χ4v) is 3.73. The van der Waals surface area contributed by atoms with Gasteiger partial charge in [-0.2, -0.15) is 0 Å². The van der Waals surface area contributed by atoms with Crippen LogP contribution < -0.4 is 5.32 Å². The number of thioether (sulfide) groups is 1. The average molecular weight is 290 g/mol. The van der Waals surface area contributed by atoms with Gasteiger partial charge >= 0.3 is 0 Å². The maximum absolute atomic E-state index is 6.05. The highest BCUT2D eigenvalue weighted by Crippen LogP contribution is 2.35. The molecule has 2 fully saturated rings. The molecule has 6 nitrogen and oxygen atoms in total. The van der Waals surface area contributed by atoms with Gasteiger partial charge in [0.25, 0.3) is 0 Å². The number of ether oxygens (including phenoxy) is 4. The van der Waals surface area contributed by atoms with Gasteiger partial charge in [-0.15, -0.1) is 0 Å². The fourth-order valence-electron chi connectivity index (χ4n) is 2.53. The first-order valence-electron chi connectivity index (χ1n) is 6.42. The number of amidine groups is 1. The van der Waals surface area contributed by atoms with Crippen molar-refractivity contribution in [2.24, 2.45) is 4.99 Å². The summed E-state index contributed by atoms with van der Waals surface area (Å²) < 4.78 is 22.4. The molecule has 0 saturated carbocycles. The van der Waals surface area contributed by atoms with Crippen LogP contribution in [0.5, 0.6) is 0 Å². The molecule has 0 spiro atoms. The second kappa shape index (κ2) is 6.90. The number of rotatable bonds is 5. The van der Waals surface area contributed by atoms with E-state index in [9.17, 15) is 0 Å². The molecule has 0 aromatic heterocycles. The van der Waals surface area contributed by atoms with Gasteiger partial charge in [0, 0.05) is 27.9 Å². The van der Waals surface area contributed by atoms with Gasteiger partial charge in [-0.25, -0.2) is 0 Å². The minimum atomic E-state index is -0.153. The molecule has 2 heterocycles. The summed E-state index contributed by atoms with van der Waals surface area (Å²) in [5.74, 6) is 0. The second-order valence-electron chi connectivity index (χ2n) is 4.47. The summed E-state index contributed by atoms with van der Waals surface area (Å²) >= 11 is 1.61. The molecule has 0 radical (unpaired) electrons. The van der Waals surface area contributed by atoms with Gasteiger partial charge in [0.05, 0.1) is 12.6 Å².